The molecule has 0 aromatic carbocycles. The van der Waals surface area contributed by atoms with Crippen molar-refractivity contribution in [3.8, 4) is 0 Å². The van der Waals surface area contributed by atoms with Crippen LogP contribution in [-0.4, -0.2) is 33.0 Å². The molecule has 1 saturated heterocycles. The zero-order chi connectivity index (χ0) is 14.2. The predicted octanol–water partition coefficient (Wildman–Crippen LogP) is 1.45. The van der Waals surface area contributed by atoms with Crippen molar-refractivity contribution < 1.29 is 9.47 Å². The van der Waals surface area contributed by atoms with E-state index in [2.05, 4.69) is 15.1 Å². The standard InChI is InChI=1S/C14H16N4O3/c19-14-13-12(15-8-16-14)11(9-4-3-7-20-9)17-18(13)10-5-1-2-6-21-10/h3-4,8-10H,1-2,5-7H2,(H,15,16,19). The number of ether oxygens (including phenoxy) is 2. The van der Waals surface area contributed by atoms with Gasteiger partial charge in [-0.15, -0.1) is 0 Å². The third kappa shape index (κ3) is 2.09. The molecule has 2 aromatic rings. The van der Waals surface area contributed by atoms with E-state index in [-0.39, 0.29) is 17.9 Å². The van der Waals surface area contributed by atoms with Gasteiger partial charge in [-0.1, -0.05) is 12.2 Å². The van der Waals surface area contributed by atoms with Crippen LogP contribution in [0, 0.1) is 0 Å². The van der Waals surface area contributed by atoms with Crippen LogP contribution in [0.3, 0.4) is 0 Å². The first kappa shape index (κ1) is 12.7. The van der Waals surface area contributed by atoms with Gasteiger partial charge in [0.2, 0.25) is 0 Å². The molecular weight excluding hydrogens is 272 g/mol. The average Bonchev–Trinajstić information content (AvgIpc) is 3.16. The molecule has 4 heterocycles. The van der Waals surface area contributed by atoms with Crippen LogP contribution in [0.2, 0.25) is 0 Å². The van der Waals surface area contributed by atoms with E-state index in [4.69, 9.17) is 9.47 Å². The van der Waals surface area contributed by atoms with Gasteiger partial charge in [-0.2, -0.15) is 5.10 Å². The molecule has 7 heteroatoms. The minimum absolute atomic E-state index is 0.199. The number of nitrogens with one attached hydrogen (secondary N) is 1. The summed E-state index contributed by atoms with van der Waals surface area (Å²) in [7, 11) is 0. The van der Waals surface area contributed by atoms with Crippen molar-refractivity contribution >= 4 is 11.0 Å². The molecule has 4 rings (SSSR count). The molecule has 0 spiro atoms. The Labute approximate surface area is 120 Å². The second-order valence-electron chi connectivity index (χ2n) is 5.26. The highest BCUT2D eigenvalue weighted by molar-refractivity contribution is 5.77. The maximum absolute atomic E-state index is 12.2. The summed E-state index contributed by atoms with van der Waals surface area (Å²) in [5.41, 5.74) is 1.53. The molecule has 7 nitrogen and oxygen atoms in total. The third-order valence-electron chi connectivity index (χ3n) is 3.90. The van der Waals surface area contributed by atoms with E-state index in [1.54, 1.807) is 4.68 Å². The Kier molecular flexibility index (Phi) is 3.08. The fraction of sp³-hybridized carbons (Fsp3) is 0.500. The van der Waals surface area contributed by atoms with Crippen LogP contribution in [0.1, 0.15) is 37.3 Å². The number of aromatic nitrogens is 4. The molecule has 1 N–H and O–H groups in total. The van der Waals surface area contributed by atoms with Gasteiger partial charge in [-0.3, -0.25) is 4.79 Å². The Balaban J connectivity index is 1.89. The van der Waals surface area contributed by atoms with Gasteiger partial charge in [0, 0.05) is 6.61 Å². The van der Waals surface area contributed by atoms with Gasteiger partial charge in [0.15, 0.2) is 11.7 Å². The van der Waals surface area contributed by atoms with Crippen LogP contribution in [0.5, 0.6) is 0 Å². The zero-order valence-electron chi connectivity index (χ0n) is 11.5. The molecule has 2 unspecified atom stereocenters. The van der Waals surface area contributed by atoms with E-state index in [1.807, 2.05) is 12.2 Å². The molecule has 0 amide bonds. The van der Waals surface area contributed by atoms with E-state index in [1.165, 1.54) is 6.33 Å². The van der Waals surface area contributed by atoms with Gasteiger partial charge in [-0.05, 0) is 19.3 Å². The highest BCUT2D eigenvalue weighted by Crippen LogP contribution is 2.30. The second-order valence-corrected chi connectivity index (χ2v) is 5.26. The monoisotopic (exact) mass is 288 g/mol. The van der Waals surface area contributed by atoms with Crippen LogP contribution in [0.25, 0.3) is 11.0 Å². The first-order chi connectivity index (χ1) is 10.3. The number of aromatic amines is 1. The fourth-order valence-electron chi connectivity index (χ4n) is 2.89. The summed E-state index contributed by atoms with van der Waals surface area (Å²) in [5, 5.41) is 4.59. The molecule has 0 bridgehead atoms. The summed E-state index contributed by atoms with van der Waals surface area (Å²) in [6, 6.07) is 0. The number of nitrogens with zero attached hydrogens (tertiary/aromatic N) is 3. The van der Waals surface area contributed by atoms with Gasteiger partial charge in [0.05, 0.1) is 12.9 Å². The van der Waals surface area contributed by atoms with Crippen LogP contribution in [0.4, 0.5) is 0 Å². The molecule has 2 aromatic heterocycles. The summed E-state index contributed by atoms with van der Waals surface area (Å²) in [6.07, 6.45) is 7.81. The number of hydrogen-bond donors (Lipinski definition) is 1. The van der Waals surface area contributed by atoms with E-state index in [9.17, 15) is 4.79 Å². The molecule has 1 fully saturated rings. The molecule has 0 aliphatic carbocycles. The largest absolute Gasteiger partial charge is 0.364 e. The lowest BCUT2D eigenvalue weighted by molar-refractivity contribution is -0.0374. The quantitative estimate of drug-likeness (QED) is 0.846. The van der Waals surface area contributed by atoms with Crippen molar-refractivity contribution in [2.24, 2.45) is 0 Å². The molecule has 0 radical (unpaired) electrons. The van der Waals surface area contributed by atoms with Crippen molar-refractivity contribution in [1.29, 1.82) is 0 Å². The average molecular weight is 288 g/mol. The van der Waals surface area contributed by atoms with Gasteiger partial charge < -0.3 is 14.5 Å². The molecule has 21 heavy (non-hydrogen) atoms. The lowest BCUT2D eigenvalue weighted by Gasteiger charge is -2.23. The molecule has 2 aliphatic heterocycles. The molecular formula is C14H16N4O3. The Morgan fingerprint density at radius 3 is 3.05 bits per heavy atom. The van der Waals surface area contributed by atoms with Gasteiger partial charge in [0.1, 0.15) is 17.3 Å². The van der Waals surface area contributed by atoms with Gasteiger partial charge in [-0.25, -0.2) is 9.67 Å². The number of fused-ring (bicyclic) bond motifs is 1. The summed E-state index contributed by atoms with van der Waals surface area (Å²) in [6.45, 7) is 1.25. The van der Waals surface area contributed by atoms with E-state index >= 15 is 0 Å². The van der Waals surface area contributed by atoms with Crippen molar-refractivity contribution in [3.63, 3.8) is 0 Å². The van der Waals surface area contributed by atoms with Crippen molar-refractivity contribution in [3.05, 3.63) is 34.5 Å². The third-order valence-corrected chi connectivity index (χ3v) is 3.90. The topological polar surface area (TPSA) is 82.0 Å². The van der Waals surface area contributed by atoms with Crippen molar-refractivity contribution in [2.45, 2.75) is 31.6 Å². The Morgan fingerprint density at radius 2 is 2.29 bits per heavy atom. The van der Waals surface area contributed by atoms with Crippen molar-refractivity contribution in [2.75, 3.05) is 13.2 Å². The van der Waals surface area contributed by atoms with Crippen LogP contribution < -0.4 is 5.56 Å². The summed E-state index contributed by atoms with van der Waals surface area (Å²) in [4.78, 5) is 19.1. The minimum Gasteiger partial charge on any atom is -0.364 e. The number of hydrogen-bond acceptors (Lipinski definition) is 5. The fourth-order valence-corrected chi connectivity index (χ4v) is 2.89. The summed E-state index contributed by atoms with van der Waals surface area (Å²) < 4.78 is 13.0. The molecule has 2 atom stereocenters. The second kappa shape index (κ2) is 5.09. The smallest absolute Gasteiger partial charge is 0.277 e. The highest BCUT2D eigenvalue weighted by atomic mass is 16.5. The first-order valence-electron chi connectivity index (χ1n) is 7.20. The van der Waals surface area contributed by atoms with Crippen LogP contribution >= 0.6 is 0 Å². The number of rotatable bonds is 2. The number of H-pyrrole nitrogens is 1. The Hall–Kier alpha value is -1.99. The van der Waals surface area contributed by atoms with E-state index < -0.39 is 0 Å². The predicted molar refractivity (Wildman–Crippen MR) is 74.8 cm³/mol. The van der Waals surface area contributed by atoms with E-state index in [0.29, 0.717) is 29.9 Å². The molecule has 110 valence electrons. The minimum atomic E-state index is -0.244. The lowest BCUT2D eigenvalue weighted by atomic mass is 10.2. The molecule has 0 saturated carbocycles. The summed E-state index contributed by atoms with van der Waals surface area (Å²) >= 11 is 0. The lowest BCUT2D eigenvalue weighted by Crippen LogP contribution is -2.22. The zero-order valence-corrected chi connectivity index (χ0v) is 11.5. The van der Waals surface area contributed by atoms with Crippen molar-refractivity contribution in [1.82, 2.24) is 19.7 Å². The normalized spacial score (nSPS) is 25.7. The SMILES string of the molecule is O=c1[nH]cnc2c(C3C=CCO3)nn(C3CCCCO3)c12. The van der Waals surface area contributed by atoms with Crippen LogP contribution in [-0.2, 0) is 9.47 Å². The highest BCUT2D eigenvalue weighted by Gasteiger charge is 2.27. The van der Waals surface area contributed by atoms with Gasteiger partial charge >= 0.3 is 0 Å². The summed E-state index contributed by atoms with van der Waals surface area (Å²) in [5.74, 6) is 0. The van der Waals surface area contributed by atoms with E-state index in [0.717, 1.165) is 19.3 Å². The molecule has 2 aliphatic rings. The Morgan fingerprint density at radius 1 is 1.33 bits per heavy atom. The maximum Gasteiger partial charge on any atom is 0.277 e. The van der Waals surface area contributed by atoms with Gasteiger partial charge in [0.25, 0.3) is 5.56 Å². The Bertz CT molecular complexity index is 742. The van der Waals surface area contributed by atoms with Crippen LogP contribution in [0.15, 0.2) is 23.3 Å². The maximum atomic E-state index is 12.2. The first-order valence-corrected chi connectivity index (χ1v) is 7.20.